The number of carbonyl (C=O) groups is 1. The van der Waals surface area contributed by atoms with Crippen LogP contribution >= 0.6 is 11.6 Å². The third-order valence-corrected chi connectivity index (χ3v) is 2.88. The molecule has 0 bridgehead atoms. The molecule has 6 heteroatoms. The van der Waals surface area contributed by atoms with E-state index in [1.54, 1.807) is 12.1 Å². The van der Waals surface area contributed by atoms with Crippen molar-refractivity contribution < 1.29 is 9.18 Å². The molecule has 20 heavy (non-hydrogen) atoms. The van der Waals surface area contributed by atoms with Crippen LogP contribution in [0.5, 0.6) is 0 Å². The number of hydrogen-bond donors (Lipinski definition) is 2. The maximum Gasteiger partial charge on any atom is 0.257 e. The summed E-state index contributed by atoms with van der Waals surface area (Å²) in [5, 5.41) is 5.67. The minimum atomic E-state index is -0.502. The number of pyridine rings is 1. The summed E-state index contributed by atoms with van der Waals surface area (Å²) in [5.74, 6) is -0.449. The summed E-state index contributed by atoms with van der Waals surface area (Å²) in [6.45, 7) is 2.58. The van der Waals surface area contributed by atoms with E-state index >= 15 is 0 Å². The van der Waals surface area contributed by atoms with Crippen molar-refractivity contribution in [2.75, 3.05) is 17.2 Å². The number of halogens is 2. The number of nitrogens with zero attached hydrogens (tertiary/aromatic N) is 1. The van der Waals surface area contributed by atoms with Gasteiger partial charge >= 0.3 is 0 Å². The quantitative estimate of drug-likeness (QED) is 0.906. The number of benzene rings is 1. The Balaban J connectivity index is 2.25. The minimum Gasteiger partial charge on any atom is -0.370 e. The maximum absolute atomic E-state index is 13.5. The molecule has 2 N–H and O–H groups in total. The van der Waals surface area contributed by atoms with Crippen LogP contribution in [0.1, 0.15) is 17.3 Å². The van der Waals surface area contributed by atoms with E-state index in [1.807, 2.05) is 6.92 Å². The molecule has 104 valence electrons. The van der Waals surface area contributed by atoms with Crippen molar-refractivity contribution in [1.29, 1.82) is 0 Å². The molecule has 2 aromatic rings. The molecule has 4 nitrogen and oxygen atoms in total. The van der Waals surface area contributed by atoms with E-state index in [-0.39, 0.29) is 16.3 Å². The molecule has 0 unspecified atom stereocenters. The molecular weight excluding hydrogens is 281 g/mol. The maximum atomic E-state index is 13.5. The minimum absolute atomic E-state index is 0.107. The monoisotopic (exact) mass is 293 g/mol. The fourth-order valence-corrected chi connectivity index (χ4v) is 1.83. The molecule has 1 amide bonds. The summed E-state index contributed by atoms with van der Waals surface area (Å²) < 4.78 is 13.5. The molecule has 1 heterocycles. The molecule has 0 aliphatic heterocycles. The summed E-state index contributed by atoms with van der Waals surface area (Å²) in [7, 11) is 0. The van der Waals surface area contributed by atoms with Gasteiger partial charge in [-0.2, -0.15) is 0 Å². The molecule has 1 aromatic heterocycles. The number of amides is 1. The van der Waals surface area contributed by atoms with E-state index < -0.39 is 11.7 Å². The van der Waals surface area contributed by atoms with Crippen LogP contribution in [0.4, 0.5) is 15.9 Å². The molecule has 0 radical (unpaired) electrons. The Kier molecular flexibility index (Phi) is 4.53. The predicted molar refractivity (Wildman–Crippen MR) is 77.8 cm³/mol. The fourth-order valence-electron chi connectivity index (χ4n) is 1.64. The molecule has 0 atom stereocenters. The second-order valence-electron chi connectivity index (χ2n) is 4.01. The van der Waals surface area contributed by atoms with Gasteiger partial charge in [-0.1, -0.05) is 23.7 Å². The number of aromatic nitrogens is 1. The topological polar surface area (TPSA) is 54.0 Å². The van der Waals surface area contributed by atoms with E-state index in [2.05, 4.69) is 15.6 Å². The zero-order chi connectivity index (χ0) is 14.5. The Morgan fingerprint density at radius 2 is 2.15 bits per heavy atom. The van der Waals surface area contributed by atoms with Gasteiger partial charge in [-0.3, -0.25) is 4.79 Å². The Morgan fingerprint density at radius 3 is 2.85 bits per heavy atom. The SMILES string of the molecule is CCNc1cc(C(=O)Nc2ccccc2F)c(Cl)cn1. The smallest absolute Gasteiger partial charge is 0.257 e. The predicted octanol–water partition coefficient (Wildman–Crippen LogP) is 3.56. The van der Waals surface area contributed by atoms with Crippen LogP contribution in [-0.2, 0) is 0 Å². The lowest BCUT2D eigenvalue weighted by atomic mass is 10.2. The third-order valence-electron chi connectivity index (χ3n) is 2.58. The second kappa shape index (κ2) is 6.34. The van der Waals surface area contributed by atoms with Gasteiger partial charge in [0.2, 0.25) is 0 Å². The van der Waals surface area contributed by atoms with Gasteiger partial charge in [0.1, 0.15) is 11.6 Å². The van der Waals surface area contributed by atoms with Gasteiger partial charge in [0.15, 0.2) is 0 Å². The Bertz CT molecular complexity index is 634. The fraction of sp³-hybridized carbons (Fsp3) is 0.143. The van der Waals surface area contributed by atoms with Gasteiger partial charge in [-0.05, 0) is 25.1 Å². The highest BCUT2D eigenvalue weighted by Crippen LogP contribution is 2.20. The van der Waals surface area contributed by atoms with Crippen molar-refractivity contribution in [2.45, 2.75) is 6.92 Å². The molecule has 0 aliphatic carbocycles. The number of nitrogens with one attached hydrogen (secondary N) is 2. The van der Waals surface area contributed by atoms with Crippen LogP contribution < -0.4 is 10.6 Å². The largest absolute Gasteiger partial charge is 0.370 e. The molecule has 0 fully saturated rings. The molecule has 1 aromatic carbocycles. The molecular formula is C14H13ClFN3O. The van der Waals surface area contributed by atoms with Gasteiger partial charge in [0, 0.05) is 12.7 Å². The van der Waals surface area contributed by atoms with E-state index in [0.717, 1.165) is 0 Å². The lowest BCUT2D eigenvalue weighted by Crippen LogP contribution is -2.14. The molecule has 0 spiro atoms. The highest BCUT2D eigenvalue weighted by atomic mass is 35.5. The Labute approximate surface area is 121 Å². The summed E-state index contributed by atoms with van der Waals surface area (Å²) in [6.07, 6.45) is 1.38. The van der Waals surface area contributed by atoms with Crippen molar-refractivity contribution in [3.8, 4) is 0 Å². The number of carbonyl (C=O) groups excluding carboxylic acids is 1. The van der Waals surface area contributed by atoms with Gasteiger partial charge in [-0.25, -0.2) is 9.37 Å². The summed E-state index contributed by atoms with van der Waals surface area (Å²) >= 11 is 5.95. The first-order valence-corrected chi connectivity index (χ1v) is 6.45. The van der Waals surface area contributed by atoms with Crippen LogP contribution in [0, 0.1) is 5.82 Å². The number of anilines is 2. The average Bonchev–Trinajstić information content (AvgIpc) is 2.43. The van der Waals surface area contributed by atoms with Crippen LogP contribution in [0.3, 0.4) is 0 Å². The molecule has 0 saturated heterocycles. The van der Waals surface area contributed by atoms with Gasteiger partial charge in [0.25, 0.3) is 5.91 Å². The van der Waals surface area contributed by atoms with Crippen LogP contribution in [-0.4, -0.2) is 17.4 Å². The van der Waals surface area contributed by atoms with E-state index in [9.17, 15) is 9.18 Å². The second-order valence-corrected chi connectivity index (χ2v) is 4.42. The first-order chi connectivity index (χ1) is 9.61. The first kappa shape index (κ1) is 14.3. The van der Waals surface area contributed by atoms with Gasteiger partial charge in [0.05, 0.1) is 16.3 Å². The highest BCUT2D eigenvalue weighted by molar-refractivity contribution is 6.34. The summed E-state index contributed by atoms with van der Waals surface area (Å²) in [4.78, 5) is 16.2. The summed E-state index contributed by atoms with van der Waals surface area (Å²) in [6, 6.07) is 7.47. The van der Waals surface area contributed by atoms with Crippen molar-refractivity contribution in [3.63, 3.8) is 0 Å². The third kappa shape index (κ3) is 3.24. The van der Waals surface area contributed by atoms with Crippen molar-refractivity contribution in [2.24, 2.45) is 0 Å². The molecule has 2 rings (SSSR count). The van der Waals surface area contributed by atoms with Crippen LogP contribution in [0.15, 0.2) is 36.5 Å². The Morgan fingerprint density at radius 1 is 1.40 bits per heavy atom. The van der Waals surface area contributed by atoms with Crippen LogP contribution in [0.2, 0.25) is 5.02 Å². The van der Waals surface area contributed by atoms with Crippen molar-refractivity contribution in [3.05, 3.63) is 52.9 Å². The first-order valence-electron chi connectivity index (χ1n) is 6.07. The zero-order valence-electron chi connectivity index (χ0n) is 10.8. The van der Waals surface area contributed by atoms with Crippen LogP contribution in [0.25, 0.3) is 0 Å². The standard InChI is InChI=1S/C14H13ClFN3O/c1-2-17-13-7-9(10(15)8-18-13)14(20)19-12-6-4-3-5-11(12)16/h3-8H,2H2,1H3,(H,17,18)(H,19,20). The van der Waals surface area contributed by atoms with E-state index in [4.69, 9.17) is 11.6 Å². The lowest BCUT2D eigenvalue weighted by Gasteiger charge is -2.09. The summed E-state index contributed by atoms with van der Waals surface area (Å²) in [5.41, 5.74) is 0.344. The van der Waals surface area contributed by atoms with E-state index in [0.29, 0.717) is 12.4 Å². The average molecular weight is 294 g/mol. The zero-order valence-corrected chi connectivity index (χ0v) is 11.5. The highest BCUT2D eigenvalue weighted by Gasteiger charge is 2.13. The number of para-hydroxylation sites is 1. The van der Waals surface area contributed by atoms with E-state index in [1.165, 1.54) is 24.4 Å². The molecule has 0 aliphatic rings. The van der Waals surface area contributed by atoms with Crippen molar-refractivity contribution >= 4 is 29.0 Å². The number of rotatable bonds is 4. The van der Waals surface area contributed by atoms with Gasteiger partial charge < -0.3 is 10.6 Å². The normalized spacial score (nSPS) is 10.2. The van der Waals surface area contributed by atoms with Gasteiger partial charge in [-0.15, -0.1) is 0 Å². The number of hydrogen-bond acceptors (Lipinski definition) is 3. The van der Waals surface area contributed by atoms with Crippen molar-refractivity contribution in [1.82, 2.24) is 4.98 Å². The lowest BCUT2D eigenvalue weighted by molar-refractivity contribution is 0.102. The molecule has 0 saturated carbocycles. The Hall–Kier alpha value is -2.14.